The van der Waals surface area contributed by atoms with E-state index in [4.69, 9.17) is 0 Å². The monoisotopic (exact) mass is 414 g/mol. The van der Waals surface area contributed by atoms with Crippen LogP contribution >= 0.6 is 0 Å². The van der Waals surface area contributed by atoms with Gasteiger partial charge >= 0.3 is 0 Å². The summed E-state index contributed by atoms with van der Waals surface area (Å²) < 4.78 is 3.78. The molecule has 9 heteroatoms. The van der Waals surface area contributed by atoms with Crippen LogP contribution < -0.4 is 10.5 Å². The van der Waals surface area contributed by atoms with Crippen LogP contribution in [0.5, 0.6) is 0 Å². The maximum Gasteiger partial charge on any atom is 0.269 e. The highest BCUT2D eigenvalue weighted by molar-refractivity contribution is 5.43. The summed E-state index contributed by atoms with van der Waals surface area (Å²) in [6.07, 6.45) is 3.89. The zero-order valence-electron chi connectivity index (χ0n) is 18.7. The van der Waals surface area contributed by atoms with E-state index >= 15 is 0 Å². The van der Waals surface area contributed by atoms with Crippen molar-refractivity contribution in [3.8, 4) is 0 Å². The Bertz CT molecular complexity index is 912. The predicted molar refractivity (Wildman–Crippen MR) is 117 cm³/mol. The van der Waals surface area contributed by atoms with Gasteiger partial charge in [0.05, 0.1) is 24.5 Å². The van der Waals surface area contributed by atoms with Crippen LogP contribution in [0.2, 0.25) is 0 Å². The minimum atomic E-state index is -0.000898. The highest BCUT2D eigenvalue weighted by Crippen LogP contribution is 2.22. The van der Waals surface area contributed by atoms with Crippen molar-refractivity contribution in [1.29, 1.82) is 0 Å². The normalized spacial score (nSPS) is 21.5. The first-order valence-corrected chi connectivity index (χ1v) is 11.0. The van der Waals surface area contributed by atoms with Gasteiger partial charge < -0.3 is 14.4 Å². The first-order valence-electron chi connectivity index (χ1n) is 11.0. The summed E-state index contributed by atoms with van der Waals surface area (Å²) in [5.74, 6) is 2.34. The van der Waals surface area contributed by atoms with E-state index in [1.54, 1.807) is 10.7 Å². The molecule has 0 bridgehead atoms. The lowest BCUT2D eigenvalue weighted by Gasteiger charge is -2.34. The van der Waals surface area contributed by atoms with Crippen LogP contribution in [0.4, 0.5) is 5.69 Å². The Morgan fingerprint density at radius 3 is 2.53 bits per heavy atom. The lowest BCUT2D eigenvalue weighted by Crippen LogP contribution is -2.45. The van der Waals surface area contributed by atoms with Crippen molar-refractivity contribution in [3.63, 3.8) is 0 Å². The number of hydrogen-bond acceptors (Lipinski definition) is 7. The maximum absolute atomic E-state index is 12.9. The topological polar surface area (TPSA) is 75.3 Å². The van der Waals surface area contributed by atoms with Gasteiger partial charge in [-0.25, -0.2) is 4.68 Å². The molecule has 0 radical (unpaired) electrons. The number of anilines is 1. The number of hydrogen-bond donors (Lipinski definition) is 0. The largest absolute Gasteiger partial charge is 0.368 e. The Morgan fingerprint density at radius 1 is 1.10 bits per heavy atom. The average molecular weight is 415 g/mol. The highest BCUT2D eigenvalue weighted by Gasteiger charge is 2.25. The van der Waals surface area contributed by atoms with E-state index in [1.165, 1.54) is 0 Å². The van der Waals surface area contributed by atoms with Crippen molar-refractivity contribution < 1.29 is 0 Å². The molecule has 0 aromatic carbocycles. The average Bonchev–Trinajstić information content (AvgIpc) is 3.09. The standard InChI is InChI=1S/C21H34N8O/c1-16(2)21-24-23-19(26(21)4)15-27-7-5-6-17(14-27)29-20(30)12-18(13-22-29)28-10-8-25(3)9-11-28/h12-13,16-17H,5-11,14-15H2,1-4H3/t17-/m1/s1. The van der Waals surface area contributed by atoms with Gasteiger partial charge in [0.1, 0.15) is 11.6 Å². The van der Waals surface area contributed by atoms with Crippen molar-refractivity contribution in [3.05, 3.63) is 34.3 Å². The molecular weight excluding hydrogens is 380 g/mol. The van der Waals surface area contributed by atoms with Gasteiger partial charge in [-0.2, -0.15) is 5.10 Å². The Kier molecular flexibility index (Phi) is 6.19. The van der Waals surface area contributed by atoms with Crippen LogP contribution in [0.1, 0.15) is 50.3 Å². The number of piperazine rings is 1. The van der Waals surface area contributed by atoms with Crippen LogP contribution in [0.25, 0.3) is 0 Å². The molecule has 0 unspecified atom stereocenters. The fourth-order valence-corrected chi connectivity index (χ4v) is 4.51. The Hall–Kier alpha value is -2.26. The van der Waals surface area contributed by atoms with E-state index < -0.39 is 0 Å². The maximum atomic E-state index is 12.9. The summed E-state index contributed by atoms with van der Waals surface area (Å²) in [6, 6.07) is 1.86. The van der Waals surface area contributed by atoms with Crippen molar-refractivity contribution in [2.24, 2.45) is 7.05 Å². The summed E-state index contributed by atoms with van der Waals surface area (Å²) in [6.45, 7) is 10.7. The number of likely N-dealkylation sites (N-methyl/N-ethyl adjacent to an activating group) is 1. The second kappa shape index (κ2) is 8.85. The second-order valence-corrected chi connectivity index (χ2v) is 9.01. The fourth-order valence-electron chi connectivity index (χ4n) is 4.51. The van der Waals surface area contributed by atoms with E-state index in [-0.39, 0.29) is 11.6 Å². The van der Waals surface area contributed by atoms with E-state index in [2.05, 4.69) is 55.5 Å². The summed E-state index contributed by atoms with van der Waals surface area (Å²) >= 11 is 0. The minimum Gasteiger partial charge on any atom is -0.368 e. The molecule has 1 atom stereocenters. The SMILES string of the molecule is CC(C)c1nnc(CN2CCC[C@@H](n3ncc(N4CCN(C)CC4)cc3=O)C2)n1C. The van der Waals surface area contributed by atoms with Crippen LogP contribution in [-0.2, 0) is 13.6 Å². The van der Waals surface area contributed by atoms with E-state index in [1.807, 2.05) is 13.2 Å². The number of piperidine rings is 1. The Balaban J connectivity index is 1.43. The third kappa shape index (κ3) is 4.41. The predicted octanol–water partition coefficient (Wildman–Crippen LogP) is 1.08. The van der Waals surface area contributed by atoms with Crippen molar-refractivity contribution >= 4 is 5.69 Å². The molecule has 4 heterocycles. The van der Waals surface area contributed by atoms with Crippen molar-refractivity contribution in [2.45, 2.75) is 45.2 Å². The highest BCUT2D eigenvalue weighted by atomic mass is 16.1. The number of nitrogens with zero attached hydrogens (tertiary/aromatic N) is 8. The summed E-state index contributed by atoms with van der Waals surface area (Å²) in [7, 11) is 4.17. The van der Waals surface area contributed by atoms with Crippen LogP contribution in [0, 0.1) is 0 Å². The van der Waals surface area contributed by atoms with Gasteiger partial charge in [-0.3, -0.25) is 9.69 Å². The van der Waals surface area contributed by atoms with E-state index in [0.717, 1.165) is 76.0 Å². The number of rotatable bonds is 5. The zero-order valence-corrected chi connectivity index (χ0v) is 18.7. The Labute approximate surface area is 178 Å². The van der Waals surface area contributed by atoms with E-state index in [0.29, 0.717) is 5.92 Å². The molecule has 0 amide bonds. The van der Waals surface area contributed by atoms with Crippen molar-refractivity contribution in [2.75, 3.05) is 51.2 Å². The van der Waals surface area contributed by atoms with Gasteiger partial charge in [0.2, 0.25) is 0 Å². The molecule has 2 aromatic rings. The molecule has 0 N–H and O–H groups in total. The van der Waals surface area contributed by atoms with Gasteiger partial charge in [-0.15, -0.1) is 10.2 Å². The molecule has 30 heavy (non-hydrogen) atoms. The third-order valence-electron chi connectivity index (χ3n) is 6.39. The molecule has 4 rings (SSSR count). The lowest BCUT2D eigenvalue weighted by atomic mass is 10.1. The molecule has 9 nitrogen and oxygen atoms in total. The Morgan fingerprint density at radius 2 is 1.87 bits per heavy atom. The minimum absolute atomic E-state index is 0.000898. The van der Waals surface area contributed by atoms with Crippen LogP contribution in [-0.4, -0.2) is 80.7 Å². The van der Waals surface area contributed by atoms with Gasteiger partial charge in [-0.1, -0.05) is 13.8 Å². The van der Waals surface area contributed by atoms with Crippen LogP contribution in [0.3, 0.4) is 0 Å². The first kappa shape index (κ1) is 21.0. The first-order chi connectivity index (χ1) is 14.4. The molecule has 164 valence electrons. The summed E-state index contributed by atoms with van der Waals surface area (Å²) in [5.41, 5.74) is 0.941. The lowest BCUT2D eigenvalue weighted by molar-refractivity contribution is 0.155. The number of likely N-dealkylation sites (tertiary alicyclic amines) is 1. The fraction of sp³-hybridized carbons (Fsp3) is 0.714. The quantitative estimate of drug-likeness (QED) is 0.725. The molecule has 2 aliphatic heterocycles. The van der Waals surface area contributed by atoms with Crippen LogP contribution in [0.15, 0.2) is 17.1 Å². The molecule has 0 aliphatic carbocycles. The zero-order chi connectivity index (χ0) is 21.3. The molecule has 2 aromatic heterocycles. The second-order valence-electron chi connectivity index (χ2n) is 9.01. The number of aromatic nitrogens is 5. The van der Waals surface area contributed by atoms with Crippen molar-refractivity contribution in [1.82, 2.24) is 34.3 Å². The molecule has 0 spiro atoms. The smallest absolute Gasteiger partial charge is 0.269 e. The third-order valence-corrected chi connectivity index (χ3v) is 6.39. The summed E-state index contributed by atoms with van der Waals surface area (Å²) in [4.78, 5) is 19.8. The molecule has 2 saturated heterocycles. The van der Waals surface area contributed by atoms with E-state index in [9.17, 15) is 4.79 Å². The van der Waals surface area contributed by atoms with Gasteiger partial charge in [0.15, 0.2) is 0 Å². The van der Waals surface area contributed by atoms with Gasteiger partial charge in [-0.05, 0) is 26.4 Å². The van der Waals surface area contributed by atoms with Gasteiger partial charge in [0.25, 0.3) is 5.56 Å². The molecule has 0 saturated carbocycles. The molecular formula is C21H34N8O. The molecule has 2 fully saturated rings. The summed E-state index contributed by atoms with van der Waals surface area (Å²) in [5, 5.41) is 13.3. The van der Waals surface area contributed by atoms with Gasteiger partial charge in [0, 0.05) is 51.8 Å². The molecule has 2 aliphatic rings.